The van der Waals surface area contributed by atoms with Gasteiger partial charge in [0.05, 0.1) is 0 Å². The SMILES string of the molecule is Cc1ccccc1[C@H]1CCCN(C(=O)c2cccc(-c3nc(C)n(C)n3)c2)C1. The van der Waals surface area contributed by atoms with Crippen molar-refractivity contribution >= 4 is 5.91 Å². The molecular weight excluding hydrogens is 348 g/mol. The Kier molecular flexibility index (Phi) is 4.99. The molecule has 1 atom stereocenters. The van der Waals surface area contributed by atoms with Crippen molar-refractivity contribution in [2.24, 2.45) is 7.05 Å². The van der Waals surface area contributed by atoms with Gasteiger partial charge in [0.15, 0.2) is 5.82 Å². The first kappa shape index (κ1) is 18.4. The molecule has 1 saturated heterocycles. The van der Waals surface area contributed by atoms with Gasteiger partial charge < -0.3 is 4.90 Å². The van der Waals surface area contributed by atoms with Crippen LogP contribution in [-0.4, -0.2) is 38.7 Å². The van der Waals surface area contributed by atoms with Crippen molar-refractivity contribution in [1.82, 2.24) is 19.7 Å². The van der Waals surface area contributed by atoms with Gasteiger partial charge in [-0.25, -0.2) is 4.98 Å². The Morgan fingerprint density at radius 3 is 2.68 bits per heavy atom. The van der Waals surface area contributed by atoms with Gasteiger partial charge in [-0.05, 0) is 49.9 Å². The lowest BCUT2D eigenvalue weighted by Gasteiger charge is -2.33. The Labute approximate surface area is 166 Å². The van der Waals surface area contributed by atoms with Gasteiger partial charge in [0, 0.05) is 37.2 Å². The third-order valence-electron chi connectivity index (χ3n) is 5.69. The number of aromatic nitrogens is 3. The summed E-state index contributed by atoms with van der Waals surface area (Å²) >= 11 is 0. The van der Waals surface area contributed by atoms with Crippen LogP contribution >= 0.6 is 0 Å². The molecule has 144 valence electrons. The normalized spacial score (nSPS) is 17.0. The number of amides is 1. The highest BCUT2D eigenvalue weighted by Gasteiger charge is 2.26. The highest BCUT2D eigenvalue weighted by atomic mass is 16.2. The molecular formula is C23H26N4O. The topological polar surface area (TPSA) is 51.0 Å². The number of aryl methyl sites for hydroxylation is 3. The lowest BCUT2D eigenvalue weighted by Crippen LogP contribution is -2.39. The first-order valence-corrected chi connectivity index (χ1v) is 9.86. The molecule has 0 bridgehead atoms. The molecule has 5 nitrogen and oxygen atoms in total. The molecule has 5 heteroatoms. The molecule has 0 saturated carbocycles. The summed E-state index contributed by atoms with van der Waals surface area (Å²) in [5.41, 5.74) is 4.25. The van der Waals surface area contributed by atoms with Gasteiger partial charge in [-0.15, -0.1) is 0 Å². The predicted molar refractivity (Wildman–Crippen MR) is 110 cm³/mol. The molecule has 3 aromatic rings. The number of rotatable bonds is 3. The fraction of sp³-hybridized carbons (Fsp3) is 0.348. The van der Waals surface area contributed by atoms with E-state index in [0.717, 1.165) is 37.3 Å². The van der Waals surface area contributed by atoms with Crippen LogP contribution in [0.15, 0.2) is 48.5 Å². The Morgan fingerprint density at radius 2 is 1.93 bits per heavy atom. The van der Waals surface area contributed by atoms with Gasteiger partial charge >= 0.3 is 0 Å². The molecule has 0 spiro atoms. The van der Waals surface area contributed by atoms with Crippen molar-refractivity contribution in [1.29, 1.82) is 0 Å². The maximum Gasteiger partial charge on any atom is 0.253 e. The minimum Gasteiger partial charge on any atom is -0.338 e. The van der Waals surface area contributed by atoms with Crippen LogP contribution in [0, 0.1) is 13.8 Å². The van der Waals surface area contributed by atoms with Crippen LogP contribution in [0.25, 0.3) is 11.4 Å². The molecule has 1 aliphatic rings. The first-order chi connectivity index (χ1) is 13.5. The van der Waals surface area contributed by atoms with E-state index in [1.165, 1.54) is 11.1 Å². The van der Waals surface area contributed by atoms with E-state index in [1.807, 2.05) is 43.1 Å². The third kappa shape index (κ3) is 3.57. The fourth-order valence-electron chi connectivity index (χ4n) is 4.02. The first-order valence-electron chi connectivity index (χ1n) is 9.86. The van der Waals surface area contributed by atoms with Crippen LogP contribution in [0.1, 0.15) is 46.1 Å². The van der Waals surface area contributed by atoms with Gasteiger partial charge in [0.2, 0.25) is 0 Å². The van der Waals surface area contributed by atoms with Crippen LogP contribution < -0.4 is 0 Å². The summed E-state index contributed by atoms with van der Waals surface area (Å²) in [5, 5.41) is 4.44. The molecule has 2 heterocycles. The Hall–Kier alpha value is -2.95. The summed E-state index contributed by atoms with van der Waals surface area (Å²) in [6, 6.07) is 16.2. The molecule has 0 N–H and O–H groups in total. The van der Waals surface area contributed by atoms with Crippen LogP contribution in [0.4, 0.5) is 0 Å². The molecule has 0 aliphatic carbocycles. The molecule has 1 aromatic heterocycles. The number of hydrogen-bond donors (Lipinski definition) is 0. The average Bonchev–Trinajstić information content (AvgIpc) is 3.06. The van der Waals surface area contributed by atoms with Crippen molar-refractivity contribution in [3.63, 3.8) is 0 Å². The second kappa shape index (κ2) is 7.58. The molecule has 1 fully saturated rings. The van der Waals surface area contributed by atoms with Crippen LogP contribution in [-0.2, 0) is 7.05 Å². The van der Waals surface area contributed by atoms with Crippen LogP contribution in [0.3, 0.4) is 0 Å². The van der Waals surface area contributed by atoms with E-state index in [0.29, 0.717) is 17.3 Å². The zero-order valence-electron chi connectivity index (χ0n) is 16.7. The lowest BCUT2D eigenvalue weighted by atomic mass is 9.87. The van der Waals surface area contributed by atoms with E-state index in [9.17, 15) is 4.79 Å². The number of benzene rings is 2. The quantitative estimate of drug-likeness (QED) is 0.693. The second-order valence-electron chi connectivity index (χ2n) is 7.63. The molecule has 1 amide bonds. The number of piperidine rings is 1. The lowest BCUT2D eigenvalue weighted by molar-refractivity contribution is 0.0707. The molecule has 0 radical (unpaired) electrons. The second-order valence-corrected chi connectivity index (χ2v) is 7.63. The Balaban J connectivity index is 1.56. The van der Waals surface area contributed by atoms with Crippen molar-refractivity contribution in [3.8, 4) is 11.4 Å². The zero-order valence-corrected chi connectivity index (χ0v) is 16.7. The molecule has 2 aromatic carbocycles. The summed E-state index contributed by atoms with van der Waals surface area (Å²) in [6.07, 6.45) is 2.16. The van der Waals surface area contributed by atoms with Gasteiger partial charge in [-0.1, -0.05) is 36.4 Å². The van der Waals surface area contributed by atoms with Gasteiger partial charge in [0.1, 0.15) is 5.82 Å². The highest BCUT2D eigenvalue weighted by Crippen LogP contribution is 2.30. The van der Waals surface area contributed by atoms with Crippen LogP contribution in [0.2, 0.25) is 0 Å². The fourth-order valence-corrected chi connectivity index (χ4v) is 4.02. The monoisotopic (exact) mass is 374 g/mol. The van der Waals surface area contributed by atoms with Crippen molar-refractivity contribution in [2.45, 2.75) is 32.6 Å². The van der Waals surface area contributed by atoms with Crippen molar-refractivity contribution < 1.29 is 4.79 Å². The maximum atomic E-state index is 13.2. The van der Waals surface area contributed by atoms with E-state index >= 15 is 0 Å². The standard InChI is InChI=1S/C23H26N4O/c1-16-8-4-5-12-21(16)20-11-7-13-27(15-20)23(28)19-10-6-9-18(14-19)22-24-17(2)26(3)25-22/h4-6,8-10,12,14,20H,7,11,13,15H2,1-3H3/t20-/m0/s1. The van der Waals surface area contributed by atoms with E-state index in [2.05, 4.69) is 41.3 Å². The summed E-state index contributed by atoms with van der Waals surface area (Å²) in [6.45, 7) is 5.66. The number of nitrogens with zero attached hydrogens (tertiary/aromatic N) is 4. The molecule has 4 rings (SSSR count). The number of hydrogen-bond acceptors (Lipinski definition) is 3. The Morgan fingerprint density at radius 1 is 1.11 bits per heavy atom. The van der Waals surface area contributed by atoms with Gasteiger partial charge in [-0.3, -0.25) is 9.48 Å². The maximum absolute atomic E-state index is 13.2. The minimum absolute atomic E-state index is 0.0905. The third-order valence-corrected chi connectivity index (χ3v) is 5.69. The summed E-state index contributed by atoms with van der Waals surface area (Å²) < 4.78 is 1.75. The highest BCUT2D eigenvalue weighted by molar-refractivity contribution is 5.95. The van der Waals surface area contributed by atoms with E-state index in [1.54, 1.807) is 4.68 Å². The number of carbonyl (C=O) groups is 1. The minimum atomic E-state index is 0.0905. The van der Waals surface area contributed by atoms with Gasteiger partial charge in [-0.2, -0.15) is 5.10 Å². The molecule has 1 aliphatic heterocycles. The summed E-state index contributed by atoms with van der Waals surface area (Å²) in [7, 11) is 1.88. The van der Waals surface area contributed by atoms with Crippen molar-refractivity contribution in [3.05, 3.63) is 71.0 Å². The average molecular weight is 374 g/mol. The Bertz CT molecular complexity index is 988. The number of likely N-dealkylation sites (tertiary alicyclic amines) is 1. The summed E-state index contributed by atoms with van der Waals surface area (Å²) in [5.74, 6) is 2.00. The van der Waals surface area contributed by atoms with Crippen LogP contribution in [0.5, 0.6) is 0 Å². The molecule has 28 heavy (non-hydrogen) atoms. The largest absolute Gasteiger partial charge is 0.338 e. The van der Waals surface area contributed by atoms with E-state index < -0.39 is 0 Å². The van der Waals surface area contributed by atoms with Gasteiger partial charge in [0.25, 0.3) is 5.91 Å². The summed E-state index contributed by atoms with van der Waals surface area (Å²) in [4.78, 5) is 19.7. The van der Waals surface area contributed by atoms with E-state index in [-0.39, 0.29) is 5.91 Å². The van der Waals surface area contributed by atoms with Crippen molar-refractivity contribution in [2.75, 3.05) is 13.1 Å². The smallest absolute Gasteiger partial charge is 0.253 e. The predicted octanol–water partition coefficient (Wildman–Crippen LogP) is 4.12. The zero-order chi connectivity index (χ0) is 19.7. The number of carbonyl (C=O) groups excluding carboxylic acids is 1. The molecule has 0 unspecified atom stereocenters. The van der Waals surface area contributed by atoms with E-state index in [4.69, 9.17) is 0 Å².